The van der Waals surface area contributed by atoms with Crippen LogP contribution in [0.1, 0.15) is 50.1 Å². The van der Waals surface area contributed by atoms with Crippen LogP contribution in [0.4, 0.5) is 0 Å². The van der Waals surface area contributed by atoms with E-state index < -0.39 is 10.0 Å². The highest BCUT2D eigenvalue weighted by Gasteiger charge is 2.18. The Labute approximate surface area is 120 Å². The first-order chi connectivity index (χ1) is 9.61. The van der Waals surface area contributed by atoms with Crippen LogP contribution >= 0.6 is 0 Å². The van der Waals surface area contributed by atoms with E-state index in [2.05, 4.69) is 14.7 Å². The third kappa shape index (κ3) is 4.50. The van der Waals surface area contributed by atoms with Crippen LogP contribution in [0.2, 0.25) is 0 Å². The second kappa shape index (κ2) is 7.10. The summed E-state index contributed by atoms with van der Waals surface area (Å²) >= 11 is 0. The minimum Gasteiger partial charge on any atom is -0.370 e. The van der Waals surface area contributed by atoms with Crippen LogP contribution in [0.25, 0.3) is 0 Å². The van der Waals surface area contributed by atoms with E-state index in [4.69, 9.17) is 4.74 Å². The van der Waals surface area contributed by atoms with Gasteiger partial charge in [-0.3, -0.25) is 0 Å². The highest BCUT2D eigenvalue weighted by atomic mass is 32.2. The summed E-state index contributed by atoms with van der Waals surface area (Å²) in [6.07, 6.45) is 7.07. The zero-order valence-electron chi connectivity index (χ0n) is 11.7. The summed E-state index contributed by atoms with van der Waals surface area (Å²) in [7, 11) is -3.19. The zero-order chi connectivity index (χ0) is 14.4. The largest absolute Gasteiger partial charge is 0.370 e. The van der Waals surface area contributed by atoms with Crippen molar-refractivity contribution >= 4 is 10.0 Å². The molecule has 1 saturated heterocycles. The van der Waals surface area contributed by atoms with E-state index in [1.165, 1.54) is 0 Å². The third-order valence-electron chi connectivity index (χ3n) is 3.16. The van der Waals surface area contributed by atoms with Gasteiger partial charge in [-0.2, -0.15) is 0 Å². The van der Waals surface area contributed by atoms with Gasteiger partial charge >= 0.3 is 0 Å². The monoisotopic (exact) mass is 299 g/mol. The standard InChI is InChI=1S/C13H21N3O3S/c1-2-7-20(17,18)16-10-11-8-14-13(15-9-11)12-5-3-4-6-19-12/h8-9,12,16H,2-7,10H2,1H3/t12-/m0/s1. The Kier molecular flexibility index (Phi) is 5.45. The fourth-order valence-corrected chi connectivity index (χ4v) is 3.17. The second-order valence-corrected chi connectivity index (χ2v) is 6.87. The number of nitrogens with one attached hydrogen (secondary N) is 1. The maximum atomic E-state index is 11.5. The summed E-state index contributed by atoms with van der Waals surface area (Å²) in [6.45, 7) is 2.82. The minimum atomic E-state index is -3.19. The van der Waals surface area contributed by atoms with Crippen molar-refractivity contribution in [2.45, 2.75) is 45.3 Å². The first kappa shape index (κ1) is 15.3. The Hall–Kier alpha value is -1.05. The molecule has 0 amide bonds. The molecular formula is C13H21N3O3S. The van der Waals surface area contributed by atoms with Crippen LogP contribution in [0.5, 0.6) is 0 Å². The first-order valence-corrected chi connectivity index (χ1v) is 8.65. The molecule has 0 spiro atoms. The van der Waals surface area contributed by atoms with Crippen molar-refractivity contribution in [3.63, 3.8) is 0 Å². The van der Waals surface area contributed by atoms with Crippen LogP contribution in [0.15, 0.2) is 12.4 Å². The summed E-state index contributed by atoms with van der Waals surface area (Å²) in [5.41, 5.74) is 0.754. The lowest BCUT2D eigenvalue weighted by Crippen LogP contribution is -2.25. The van der Waals surface area contributed by atoms with Crippen LogP contribution in [0.3, 0.4) is 0 Å². The van der Waals surface area contributed by atoms with Crippen LogP contribution in [-0.4, -0.2) is 30.7 Å². The lowest BCUT2D eigenvalue weighted by Gasteiger charge is -2.21. The maximum absolute atomic E-state index is 11.5. The van der Waals surface area contributed by atoms with E-state index in [0.717, 1.165) is 31.4 Å². The second-order valence-electron chi connectivity index (χ2n) is 4.94. The summed E-state index contributed by atoms with van der Waals surface area (Å²) in [4.78, 5) is 8.56. The molecule has 7 heteroatoms. The van der Waals surface area contributed by atoms with Crippen molar-refractivity contribution in [2.24, 2.45) is 0 Å². The molecule has 1 fully saturated rings. The van der Waals surface area contributed by atoms with E-state index in [-0.39, 0.29) is 18.4 Å². The van der Waals surface area contributed by atoms with E-state index in [9.17, 15) is 8.42 Å². The molecule has 1 aromatic heterocycles. The van der Waals surface area contributed by atoms with Crippen molar-refractivity contribution in [3.8, 4) is 0 Å². The lowest BCUT2D eigenvalue weighted by molar-refractivity contribution is 0.00940. The van der Waals surface area contributed by atoms with Gasteiger partial charge in [-0.25, -0.2) is 23.1 Å². The van der Waals surface area contributed by atoms with Crippen molar-refractivity contribution in [2.75, 3.05) is 12.4 Å². The van der Waals surface area contributed by atoms with E-state index in [1.54, 1.807) is 12.4 Å². The molecule has 0 aliphatic carbocycles. The molecule has 6 nitrogen and oxygen atoms in total. The molecular weight excluding hydrogens is 278 g/mol. The fraction of sp³-hybridized carbons (Fsp3) is 0.692. The van der Waals surface area contributed by atoms with Gasteiger partial charge in [-0.1, -0.05) is 6.92 Å². The van der Waals surface area contributed by atoms with Gasteiger partial charge in [0.15, 0.2) is 5.82 Å². The number of hydrogen-bond acceptors (Lipinski definition) is 5. The maximum Gasteiger partial charge on any atom is 0.211 e. The van der Waals surface area contributed by atoms with Gasteiger partial charge in [0, 0.05) is 31.1 Å². The molecule has 0 unspecified atom stereocenters. The molecule has 2 rings (SSSR count). The fourth-order valence-electron chi connectivity index (χ4n) is 2.10. The van der Waals surface area contributed by atoms with Gasteiger partial charge in [-0.15, -0.1) is 0 Å². The number of hydrogen-bond donors (Lipinski definition) is 1. The van der Waals surface area contributed by atoms with Crippen molar-refractivity contribution < 1.29 is 13.2 Å². The molecule has 0 radical (unpaired) electrons. The zero-order valence-corrected chi connectivity index (χ0v) is 12.5. The van der Waals surface area contributed by atoms with Crippen molar-refractivity contribution in [1.82, 2.24) is 14.7 Å². The Morgan fingerprint density at radius 1 is 1.35 bits per heavy atom. The average molecular weight is 299 g/mol. The normalized spacial score (nSPS) is 19.9. The van der Waals surface area contributed by atoms with E-state index in [1.807, 2.05) is 6.92 Å². The Balaban J connectivity index is 1.91. The van der Waals surface area contributed by atoms with Gasteiger partial charge in [0.2, 0.25) is 10.0 Å². The van der Waals surface area contributed by atoms with E-state index in [0.29, 0.717) is 12.2 Å². The first-order valence-electron chi connectivity index (χ1n) is 7.00. The molecule has 0 bridgehead atoms. The Morgan fingerprint density at radius 2 is 2.10 bits per heavy atom. The molecule has 1 N–H and O–H groups in total. The topological polar surface area (TPSA) is 81.2 Å². The molecule has 1 atom stereocenters. The van der Waals surface area contributed by atoms with Gasteiger partial charge in [-0.05, 0) is 25.7 Å². The molecule has 20 heavy (non-hydrogen) atoms. The van der Waals surface area contributed by atoms with Gasteiger partial charge in [0.1, 0.15) is 6.10 Å². The highest BCUT2D eigenvalue weighted by Crippen LogP contribution is 2.24. The Morgan fingerprint density at radius 3 is 2.70 bits per heavy atom. The molecule has 0 saturated carbocycles. The predicted octanol–water partition coefficient (Wildman–Crippen LogP) is 1.55. The van der Waals surface area contributed by atoms with Crippen LogP contribution < -0.4 is 4.72 Å². The van der Waals surface area contributed by atoms with Crippen molar-refractivity contribution in [1.29, 1.82) is 0 Å². The van der Waals surface area contributed by atoms with Gasteiger partial charge in [0.05, 0.1) is 5.75 Å². The third-order valence-corrected chi connectivity index (χ3v) is 4.69. The van der Waals surface area contributed by atoms with Gasteiger partial charge < -0.3 is 4.74 Å². The number of aromatic nitrogens is 2. The summed E-state index contributed by atoms with van der Waals surface area (Å²) in [5.74, 6) is 0.826. The Bertz CT molecular complexity index is 510. The number of ether oxygens (including phenoxy) is 1. The van der Waals surface area contributed by atoms with Crippen LogP contribution in [-0.2, 0) is 21.3 Å². The summed E-state index contributed by atoms with van der Waals surface area (Å²) in [5, 5.41) is 0. The van der Waals surface area contributed by atoms with Crippen LogP contribution in [0, 0.1) is 0 Å². The quantitative estimate of drug-likeness (QED) is 0.862. The van der Waals surface area contributed by atoms with Crippen molar-refractivity contribution in [3.05, 3.63) is 23.8 Å². The summed E-state index contributed by atoms with van der Waals surface area (Å²) in [6, 6.07) is 0. The predicted molar refractivity (Wildman–Crippen MR) is 75.5 cm³/mol. The van der Waals surface area contributed by atoms with Gasteiger partial charge in [0.25, 0.3) is 0 Å². The highest BCUT2D eigenvalue weighted by molar-refractivity contribution is 7.89. The average Bonchev–Trinajstić information content (AvgIpc) is 2.47. The lowest BCUT2D eigenvalue weighted by atomic mass is 10.1. The number of rotatable bonds is 6. The number of sulfonamides is 1. The molecule has 1 aromatic rings. The van der Waals surface area contributed by atoms with E-state index >= 15 is 0 Å². The number of nitrogens with zero attached hydrogens (tertiary/aromatic N) is 2. The molecule has 0 aromatic carbocycles. The smallest absolute Gasteiger partial charge is 0.211 e. The molecule has 2 heterocycles. The molecule has 112 valence electrons. The molecule has 1 aliphatic heterocycles. The summed E-state index contributed by atoms with van der Waals surface area (Å²) < 4.78 is 31.2. The minimum absolute atomic E-state index is 0.0189. The SMILES string of the molecule is CCCS(=O)(=O)NCc1cnc([C@@H]2CCCCO2)nc1. The molecule has 1 aliphatic rings.